The molecule has 0 saturated heterocycles. The summed E-state index contributed by atoms with van der Waals surface area (Å²) in [7, 11) is 0. The summed E-state index contributed by atoms with van der Waals surface area (Å²) in [4.78, 5) is 0. The molecule has 0 aliphatic carbocycles. The van der Waals surface area contributed by atoms with Crippen LogP contribution in [-0.2, 0) is 14.2 Å². The first-order chi connectivity index (χ1) is 10.0. The fourth-order valence-corrected chi connectivity index (χ4v) is 1.20. The Kier molecular flexibility index (Phi) is 19.6. The van der Waals surface area contributed by atoms with Crippen LogP contribution in [0.3, 0.4) is 0 Å². The van der Waals surface area contributed by atoms with E-state index in [1.54, 1.807) is 0 Å². The van der Waals surface area contributed by atoms with Gasteiger partial charge in [0, 0.05) is 13.2 Å². The van der Waals surface area contributed by atoms with E-state index < -0.39 is 0 Å². The molecule has 3 atom stereocenters. The van der Waals surface area contributed by atoms with E-state index in [0.717, 1.165) is 32.5 Å². The lowest BCUT2D eigenvalue weighted by atomic mass is 10.3. The Morgan fingerprint density at radius 3 is 1.71 bits per heavy atom. The van der Waals surface area contributed by atoms with Gasteiger partial charge in [-0.05, 0) is 33.6 Å². The van der Waals surface area contributed by atoms with Gasteiger partial charge in [0.15, 0.2) is 0 Å². The molecule has 0 amide bonds. The van der Waals surface area contributed by atoms with E-state index in [1.807, 2.05) is 20.8 Å². The highest BCUT2D eigenvalue weighted by atomic mass is 16.5. The minimum Gasteiger partial charge on any atom is -0.394 e. The maximum atomic E-state index is 8.66. The number of aliphatic hydroxyl groups is 2. The predicted molar refractivity (Wildman–Crippen MR) is 85.6 cm³/mol. The standard InChI is InChI=1S/C9H20O3.C7H16O2/c1-4-5-11-9(3)7-12-8(2)6-10;1-3-4-5-9-7(2)6-8/h8-10H,4-7H2,1-3H3;7-8H,3-6H2,1-2H3. The van der Waals surface area contributed by atoms with Crippen LogP contribution in [0.15, 0.2) is 0 Å². The topological polar surface area (TPSA) is 68.2 Å². The Morgan fingerprint density at radius 2 is 1.24 bits per heavy atom. The van der Waals surface area contributed by atoms with E-state index in [0.29, 0.717) is 6.61 Å². The third-order valence-electron chi connectivity index (χ3n) is 2.64. The van der Waals surface area contributed by atoms with Crippen molar-refractivity contribution in [3.05, 3.63) is 0 Å². The number of hydrogen-bond acceptors (Lipinski definition) is 5. The number of rotatable bonds is 12. The fraction of sp³-hybridized carbons (Fsp3) is 1.00. The highest BCUT2D eigenvalue weighted by molar-refractivity contribution is 4.51. The van der Waals surface area contributed by atoms with E-state index in [4.69, 9.17) is 24.4 Å². The summed E-state index contributed by atoms with van der Waals surface area (Å²) in [6.45, 7) is 12.2. The Balaban J connectivity index is 0. The molecule has 21 heavy (non-hydrogen) atoms. The van der Waals surface area contributed by atoms with E-state index in [1.165, 1.54) is 0 Å². The first kappa shape index (κ1) is 23.1. The molecular weight excluding hydrogens is 272 g/mol. The zero-order valence-corrected chi connectivity index (χ0v) is 14.5. The van der Waals surface area contributed by atoms with Gasteiger partial charge in [-0.3, -0.25) is 0 Å². The Hall–Kier alpha value is -0.200. The van der Waals surface area contributed by atoms with Crippen molar-refractivity contribution in [3.63, 3.8) is 0 Å². The summed E-state index contributed by atoms with van der Waals surface area (Å²) in [5, 5.41) is 17.2. The molecule has 5 heteroatoms. The second-order valence-electron chi connectivity index (χ2n) is 5.23. The summed E-state index contributed by atoms with van der Waals surface area (Å²) in [5.74, 6) is 0. The molecule has 0 heterocycles. The van der Waals surface area contributed by atoms with Crippen molar-refractivity contribution >= 4 is 0 Å². The average Bonchev–Trinajstić information content (AvgIpc) is 2.51. The monoisotopic (exact) mass is 308 g/mol. The van der Waals surface area contributed by atoms with Crippen molar-refractivity contribution in [3.8, 4) is 0 Å². The van der Waals surface area contributed by atoms with Crippen molar-refractivity contribution in [2.24, 2.45) is 0 Å². The maximum Gasteiger partial charge on any atom is 0.0780 e. The Morgan fingerprint density at radius 1 is 0.714 bits per heavy atom. The lowest BCUT2D eigenvalue weighted by molar-refractivity contribution is -0.0451. The molecule has 0 aliphatic heterocycles. The summed E-state index contributed by atoms with van der Waals surface area (Å²) < 4.78 is 15.8. The normalized spacial score (nSPS) is 15.0. The van der Waals surface area contributed by atoms with Gasteiger partial charge in [-0.15, -0.1) is 0 Å². The molecule has 0 bridgehead atoms. The lowest BCUT2D eigenvalue weighted by Gasteiger charge is -2.15. The third kappa shape index (κ3) is 19.8. The second-order valence-corrected chi connectivity index (χ2v) is 5.23. The zero-order chi connectivity index (χ0) is 16.5. The van der Waals surface area contributed by atoms with Crippen LogP contribution in [0, 0.1) is 0 Å². The molecule has 0 aliphatic rings. The molecular formula is C16H36O5. The molecule has 0 fully saturated rings. The molecule has 2 N–H and O–H groups in total. The molecule has 3 unspecified atom stereocenters. The van der Waals surface area contributed by atoms with Crippen LogP contribution in [0.1, 0.15) is 53.9 Å². The highest BCUT2D eigenvalue weighted by Crippen LogP contribution is 1.96. The fourth-order valence-electron chi connectivity index (χ4n) is 1.20. The average molecular weight is 308 g/mol. The van der Waals surface area contributed by atoms with Crippen molar-refractivity contribution in [2.75, 3.05) is 33.0 Å². The molecule has 0 saturated carbocycles. The Bertz CT molecular complexity index is 190. The number of aliphatic hydroxyl groups excluding tert-OH is 2. The first-order valence-corrected chi connectivity index (χ1v) is 8.08. The maximum absolute atomic E-state index is 8.66. The Labute approximate surface area is 130 Å². The van der Waals surface area contributed by atoms with Gasteiger partial charge < -0.3 is 24.4 Å². The van der Waals surface area contributed by atoms with Gasteiger partial charge >= 0.3 is 0 Å². The van der Waals surface area contributed by atoms with Gasteiger partial charge in [0.05, 0.1) is 38.1 Å². The van der Waals surface area contributed by atoms with Crippen LogP contribution in [0.25, 0.3) is 0 Å². The predicted octanol–water partition coefficient (Wildman–Crippen LogP) is 2.38. The lowest BCUT2D eigenvalue weighted by Crippen LogP contribution is -2.22. The van der Waals surface area contributed by atoms with Gasteiger partial charge in [-0.2, -0.15) is 0 Å². The SMILES string of the molecule is CCCCOC(C)CO.CCCOC(C)COC(C)CO. The highest BCUT2D eigenvalue weighted by Gasteiger charge is 2.04. The van der Waals surface area contributed by atoms with E-state index in [2.05, 4.69) is 13.8 Å². The van der Waals surface area contributed by atoms with Crippen LogP contribution in [-0.4, -0.2) is 61.6 Å². The minimum atomic E-state index is -0.0855. The van der Waals surface area contributed by atoms with Gasteiger partial charge in [-0.1, -0.05) is 20.3 Å². The number of ether oxygens (including phenoxy) is 3. The molecule has 0 aromatic carbocycles. The smallest absolute Gasteiger partial charge is 0.0780 e. The molecule has 5 nitrogen and oxygen atoms in total. The van der Waals surface area contributed by atoms with Crippen molar-refractivity contribution < 1.29 is 24.4 Å². The van der Waals surface area contributed by atoms with Crippen LogP contribution < -0.4 is 0 Å². The van der Waals surface area contributed by atoms with E-state index in [9.17, 15) is 0 Å². The molecule has 130 valence electrons. The quantitative estimate of drug-likeness (QED) is 0.542. The minimum absolute atomic E-state index is 0.0107. The van der Waals surface area contributed by atoms with Crippen LogP contribution in [0.4, 0.5) is 0 Å². The largest absolute Gasteiger partial charge is 0.394 e. The molecule has 0 spiro atoms. The molecule has 0 radical (unpaired) electrons. The summed E-state index contributed by atoms with van der Waals surface area (Å²) in [6.07, 6.45) is 3.32. The molecule has 0 aromatic rings. The first-order valence-electron chi connectivity index (χ1n) is 8.08. The van der Waals surface area contributed by atoms with Crippen LogP contribution in [0.5, 0.6) is 0 Å². The summed E-state index contributed by atoms with van der Waals surface area (Å²) in [5.41, 5.74) is 0. The van der Waals surface area contributed by atoms with Crippen molar-refractivity contribution in [1.82, 2.24) is 0 Å². The van der Waals surface area contributed by atoms with Crippen molar-refractivity contribution in [2.45, 2.75) is 72.2 Å². The number of hydrogen-bond donors (Lipinski definition) is 2. The number of unbranched alkanes of at least 4 members (excludes halogenated alkanes) is 1. The van der Waals surface area contributed by atoms with Gasteiger partial charge in [0.1, 0.15) is 0 Å². The second kappa shape index (κ2) is 17.9. The molecule has 0 rings (SSSR count). The van der Waals surface area contributed by atoms with Gasteiger partial charge in [-0.25, -0.2) is 0 Å². The van der Waals surface area contributed by atoms with E-state index >= 15 is 0 Å². The van der Waals surface area contributed by atoms with E-state index in [-0.39, 0.29) is 31.5 Å². The zero-order valence-electron chi connectivity index (χ0n) is 14.5. The third-order valence-corrected chi connectivity index (χ3v) is 2.64. The van der Waals surface area contributed by atoms with Crippen LogP contribution >= 0.6 is 0 Å². The molecule has 0 aromatic heterocycles. The summed E-state index contributed by atoms with van der Waals surface area (Å²) in [6, 6.07) is 0. The van der Waals surface area contributed by atoms with Crippen LogP contribution in [0.2, 0.25) is 0 Å². The van der Waals surface area contributed by atoms with Gasteiger partial charge in [0.25, 0.3) is 0 Å². The van der Waals surface area contributed by atoms with Gasteiger partial charge in [0.2, 0.25) is 0 Å². The summed E-state index contributed by atoms with van der Waals surface area (Å²) >= 11 is 0. The van der Waals surface area contributed by atoms with Crippen molar-refractivity contribution in [1.29, 1.82) is 0 Å².